The van der Waals surface area contributed by atoms with Gasteiger partial charge in [0.15, 0.2) is 0 Å². The highest BCUT2D eigenvalue weighted by molar-refractivity contribution is 5.91. The smallest absolute Gasteiger partial charge is 0.338 e. The van der Waals surface area contributed by atoms with Gasteiger partial charge in [-0.05, 0) is 24.6 Å². The number of amides is 2. The number of benzene rings is 1. The molecule has 5 nitrogen and oxygen atoms in total. The predicted molar refractivity (Wildman–Crippen MR) is 74.5 cm³/mol. The number of carboxylic acid groups (broad SMARTS) is 1. The number of urea groups is 1. The maximum Gasteiger partial charge on any atom is 0.338 e. The van der Waals surface area contributed by atoms with E-state index in [9.17, 15) is 14.0 Å². The summed E-state index contributed by atoms with van der Waals surface area (Å²) in [7, 11) is 0. The summed E-state index contributed by atoms with van der Waals surface area (Å²) in [6, 6.07) is 3.03. The van der Waals surface area contributed by atoms with Crippen LogP contribution in [-0.4, -0.2) is 23.7 Å². The summed E-state index contributed by atoms with van der Waals surface area (Å²) in [6.07, 6.45) is 4.21. The molecular weight excluding hydrogens is 263 g/mol. The summed E-state index contributed by atoms with van der Waals surface area (Å²) in [5, 5.41) is 13.8. The fourth-order valence-corrected chi connectivity index (χ4v) is 1.70. The van der Waals surface area contributed by atoms with Crippen molar-refractivity contribution in [1.29, 1.82) is 0 Å². The molecule has 0 saturated heterocycles. The highest BCUT2D eigenvalue weighted by atomic mass is 19.1. The van der Waals surface area contributed by atoms with E-state index in [0.29, 0.717) is 6.54 Å². The first-order valence-corrected chi connectivity index (χ1v) is 6.62. The zero-order valence-corrected chi connectivity index (χ0v) is 11.4. The largest absolute Gasteiger partial charge is 0.478 e. The molecule has 0 radical (unpaired) electrons. The quantitative estimate of drug-likeness (QED) is 0.672. The highest BCUT2D eigenvalue weighted by Gasteiger charge is 2.11. The van der Waals surface area contributed by atoms with Crippen LogP contribution in [0.2, 0.25) is 0 Å². The molecule has 2 amide bonds. The van der Waals surface area contributed by atoms with E-state index >= 15 is 0 Å². The average molecular weight is 282 g/mol. The zero-order chi connectivity index (χ0) is 15.0. The molecule has 0 fully saturated rings. The molecule has 0 unspecified atom stereocenters. The second kappa shape index (κ2) is 8.14. The van der Waals surface area contributed by atoms with Gasteiger partial charge in [-0.2, -0.15) is 0 Å². The number of aromatic carboxylic acids is 1. The Balaban J connectivity index is 2.42. The van der Waals surface area contributed by atoms with Crippen molar-refractivity contribution in [2.45, 2.75) is 32.6 Å². The number of hydrogen-bond acceptors (Lipinski definition) is 2. The molecule has 20 heavy (non-hydrogen) atoms. The van der Waals surface area contributed by atoms with E-state index < -0.39 is 23.4 Å². The Morgan fingerprint density at radius 2 is 2.00 bits per heavy atom. The Morgan fingerprint density at radius 1 is 1.25 bits per heavy atom. The molecule has 1 rings (SSSR count). The summed E-state index contributed by atoms with van der Waals surface area (Å²) >= 11 is 0. The van der Waals surface area contributed by atoms with Gasteiger partial charge in [0.05, 0.1) is 5.56 Å². The third kappa shape index (κ3) is 5.26. The molecule has 0 aliphatic rings. The number of carbonyl (C=O) groups is 2. The van der Waals surface area contributed by atoms with Gasteiger partial charge in [-0.1, -0.05) is 26.2 Å². The lowest BCUT2D eigenvalue weighted by Gasteiger charge is -2.08. The van der Waals surface area contributed by atoms with E-state index in [1.807, 2.05) is 0 Å². The van der Waals surface area contributed by atoms with Crippen LogP contribution in [0.25, 0.3) is 0 Å². The lowest BCUT2D eigenvalue weighted by atomic mass is 10.2. The number of carbonyl (C=O) groups excluding carboxylic acids is 1. The summed E-state index contributed by atoms with van der Waals surface area (Å²) in [4.78, 5) is 22.2. The molecule has 3 N–H and O–H groups in total. The first-order valence-electron chi connectivity index (χ1n) is 6.62. The van der Waals surface area contributed by atoms with Gasteiger partial charge in [-0.3, -0.25) is 0 Å². The van der Waals surface area contributed by atoms with Crippen molar-refractivity contribution in [2.75, 3.05) is 11.9 Å². The topological polar surface area (TPSA) is 78.4 Å². The first kappa shape index (κ1) is 15.9. The van der Waals surface area contributed by atoms with Crippen LogP contribution in [-0.2, 0) is 0 Å². The molecule has 1 aromatic rings. The van der Waals surface area contributed by atoms with Crippen molar-refractivity contribution >= 4 is 17.7 Å². The van der Waals surface area contributed by atoms with Crippen LogP contribution in [0.5, 0.6) is 0 Å². The van der Waals surface area contributed by atoms with Crippen LogP contribution in [0.1, 0.15) is 43.0 Å². The van der Waals surface area contributed by atoms with E-state index in [0.717, 1.165) is 37.8 Å². The van der Waals surface area contributed by atoms with Crippen LogP contribution in [0, 0.1) is 5.82 Å². The van der Waals surface area contributed by atoms with Crippen molar-refractivity contribution in [3.63, 3.8) is 0 Å². The number of nitrogens with one attached hydrogen (secondary N) is 2. The van der Waals surface area contributed by atoms with E-state index in [1.54, 1.807) is 0 Å². The molecule has 0 spiro atoms. The molecule has 110 valence electrons. The maximum absolute atomic E-state index is 13.4. The van der Waals surface area contributed by atoms with Crippen LogP contribution >= 0.6 is 0 Å². The van der Waals surface area contributed by atoms with Crippen molar-refractivity contribution in [3.05, 3.63) is 29.6 Å². The molecule has 0 aliphatic heterocycles. The Hall–Kier alpha value is -2.11. The van der Waals surface area contributed by atoms with Crippen LogP contribution in [0.15, 0.2) is 18.2 Å². The number of halogens is 1. The maximum atomic E-state index is 13.4. The number of rotatable bonds is 7. The van der Waals surface area contributed by atoms with Gasteiger partial charge in [0, 0.05) is 12.2 Å². The highest BCUT2D eigenvalue weighted by Crippen LogP contribution is 2.14. The Labute approximate surface area is 117 Å². The lowest BCUT2D eigenvalue weighted by molar-refractivity contribution is 0.0692. The lowest BCUT2D eigenvalue weighted by Crippen LogP contribution is -2.29. The SMILES string of the molecule is CCCCCCNC(=O)Nc1ccc(C(=O)O)c(F)c1. The molecule has 0 saturated carbocycles. The zero-order valence-electron chi connectivity index (χ0n) is 11.4. The van der Waals surface area contributed by atoms with E-state index in [4.69, 9.17) is 5.11 Å². The van der Waals surface area contributed by atoms with Crippen LogP contribution < -0.4 is 10.6 Å². The van der Waals surface area contributed by atoms with Crippen LogP contribution in [0.4, 0.5) is 14.9 Å². The summed E-state index contributed by atoms with van der Waals surface area (Å²) in [5.74, 6) is -2.22. The first-order chi connectivity index (χ1) is 9.54. The molecular formula is C14H19FN2O3. The summed E-state index contributed by atoms with van der Waals surface area (Å²) in [6.45, 7) is 2.66. The van der Waals surface area contributed by atoms with Gasteiger partial charge in [-0.25, -0.2) is 14.0 Å². The molecule has 6 heteroatoms. The Bertz CT molecular complexity index is 477. The number of carboxylic acids is 1. The molecule has 0 heterocycles. The molecule has 0 bridgehead atoms. The minimum absolute atomic E-state index is 0.221. The van der Waals surface area contributed by atoms with Gasteiger partial charge in [0.2, 0.25) is 0 Å². The second-order valence-electron chi connectivity index (χ2n) is 4.44. The van der Waals surface area contributed by atoms with Gasteiger partial charge in [-0.15, -0.1) is 0 Å². The predicted octanol–water partition coefficient (Wildman–Crippen LogP) is 3.23. The number of anilines is 1. The van der Waals surface area contributed by atoms with E-state index in [2.05, 4.69) is 17.6 Å². The van der Waals surface area contributed by atoms with E-state index in [1.165, 1.54) is 6.07 Å². The van der Waals surface area contributed by atoms with Crippen molar-refractivity contribution in [1.82, 2.24) is 5.32 Å². The number of unbranched alkanes of at least 4 members (excludes halogenated alkanes) is 3. The Morgan fingerprint density at radius 3 is 2.60 bits per heavy atom. The minimum Gasteiger partial charge on any atom is -0.478 e. The minimum atomic E-state index is -1.34. The van der Waals surface area contributed by atoms with Gasteiger partial charge in [0.1, 0.15) is 5.82 Å². The number of hydrogen-bond donors (Lipinski definition) is 3. The van der Waals surface area contributed by atoms with E-state index in [-0.39, 0.29) is 5.69 Å². The fraction of sp³-hybridized carbons (Fsp3) is 0.429. The van der Waals surface area contributed by atoms with Crippen molar-refractivity contribution in [2.24, 2.45) is 0 Å². The normalized spacial score (nSPS) is 10.1. The van der Waals surface area contributed by atoms with Crippen LogP contribution in [0.3, 0.4) is 0 Å². The van der Waals surface area contributed by atoms with Crippen molar-refractivity contribution < 1.29 is 19.1 Å². The molecule has 1 aromatic carbocycles. The summed E-state index contributed by atoms with van der Waals surface area (Å²) < 4.78 is 13.4. The second-order valence-corrected chi connectivity index (χ2v) is 4.44. The Kier molecular flexibility index (Phi) is 6.49. The third-order valence-corrected chi connectivity index (χ3v) is 2.77. The fourth-order valence-electron chi connectivity index (χ4n) is 1.70. The molecule has 0 atom stereocenters. The van der Waals surface area contributed by atoms with Gasteiger partial charge in [0.25, 0.3) is 0 Å². The standard InChI is InChI=1S/C14H19FN2O3/c1-2-3-4-5-8-16-14(20)17-10-6-7-11(13(18)19)12(15)9-10/h6-7,9H,2-5,8H2,1H3,(H,18,19)(H2,16,17,20). The average Bonchev–Trinajstić information content (AvgIpc) is 2.38. The van der Waals surface area contributed by atoms with Crippen molar-refractivity contribution in [3.8, 4) is 0 Å². The monoisotopic (exact) mass is 282 g/mol. The third-order valence-electron chi connectivity index (χ3n) is 2.77. The van der Waals surface area contributed by atoms with Gasteiger partial charge >= 0.3 is 12.0 Å². The molecule has 0 aliphatic carbocycles. The van der Waals surface area contributed by atoms with Gasteiger partial charge < -0.3 is 15.7 Å². The molecule has 0 aromatic heterocycles. The summed E-state index contributed by atoms with van der Waals surface area (Å²) in [5.41, 5.74) is -0.200.